The van der Waals surface area contributed by atoms with Crippen molar-refractivity contribution in [2.24, 2.45) is 5.41 Å². The predicted molar refractivity (Wildman–Crippen MR) is 75.7 cm³/mol. The summed E-state index contributed by atoms with van der Waals surface area (Å²) in [6.45, 7) is 4.08. The number of ether oxygens (including phenoxy) is 1. The summed E-state index contributed by atoms with van der Waals surface area (Å²) in [5.74, 6) is -1.76. The molecule has 1 aromatic rings. The zero-order valence-corrected chi connectivity index (χ0v) is 12.4. The predicted octanol–water partition coefficient (Wildman–Crippen LogP) is 3.54. The summed E-state index contributed by atoms with van der Waals surface area (Å²) >= 11 is 0. The standard InChI is InChI=1S/C16H20F2N2O/c1-16(2,10-19)5-6-21-15-13(17)7-11(8-14(15)18)9-20-12-3-4-12/h7-8,12,20H,3-6,9H2,1-2H3. The van der Waals surface area contributed by atoms with Crippen LogP contribution in [0.1, 0.15) is 38.7 Å². The minimum absolute atomic E-state index is 0.105. The molecule has 0 unspecified atom stereocenters. The van der Waals surface area contributed by atoms with Crippen LogP contribution in [0, 0.1) is 28.4 Å². The van der Waals surface area contributed by atoms with Crippen LogP contribution in [0.15, 0.2) is 12.1 Å². The van der Waals surface area contributed by atoms with Crippen molar-refractivity contribution in [3.63, 3.8) is 0 Å². The molecular formula is C16H20F2N2O. The second-order valence-corrected chi connectivity index (χ2v) is 6.14. The Balaban J connectivity index is 1.94. The highest BCUT2D eigenvalue weighted by molar-refractivity contribution is 5.31. The molecule has 0 spiro atoms. The molecule has 1 aliphatic carbocycles. The molecular weight excluding hydrogens is 274 g/mol. The molecule has 1 aromatic carbocycles. The van der Waals surface area contributed by atoms with E-state index in [1.807, 2.05) is 0 Å². The van der Waals surface area contributed by atoms with Gasteiger partial charge in [0.1, 0.15) is 0 Å². The van der Waals surface area contributed by atoms with E-state index in [1.165, 1.54) is 12.1 Å². The van der Waals surface area contributed by atoms with Gasteiger partial charge >= 0.3 is 0 Å². The van der Waals surface area contributed by atoms with E-state index in [1.54, 1.807) is 13.8 Å². The summed E-state index contributed by atoms with van der Waals surface area (Å²) in [5, 5.41) is 12.1. The van der Waals surface area contributed by atoms with E-state index in [9.17, 15) is 8.78 Å². The summed E-state index contributed by atoms with van der Waals surface area (Å²) < 4.78 is 33.0. The number of nitrogens with one attached hydrogen (secondary N) is 1. The average Bonchev–Trinajstić information content (AvgIpc) is 3.23. The van der Waals surface area contributed by atoms with Gasteiger partial charge in [0.05, 0.1) is 18.1 Å². The van der Waals surface area contributed by atoms with Crippen molar-refractivity contribution in [3.8, 4) is 11.8 Å². The number of halogens is 2. The lowest BCUT2D eigenvalue weighted by Crippen LogP contribution is -2.16. The third-order valence-electron chi connectivity index (χ3n) is 3.51. The van der Waals surface area contributed by atoms with Crippen LogP contribution in [0.5, 0.6) is 5.75 Å². The summed E-state index contributed by atoms with van der Waals surface area (Å²) in [7, 11) is 0. The highest BCUT2D eigenvalue weighted by atomic mass is 19.1. The lowest BCUT2D eigenvalue weighted by Gasteiger charge is -2.16. The summed E-state index contributed by atoms with van der Waals surface area (Å²) in [6.07, 6.45) is 2.66. The molecule has 1 N–H and O–H groups in total. The van der Waals surface area contributed by atoms with Crippen LogP contribution in [0.3, 0.4) is 0 Å². The normalized spacial score (nSPS) is 14.8. The highest BCUT2D eigenvalue weighted by Crippen LogP contribution is 2.26. The molecule has 114 valence electrons. The second-order valence-electron chi connectivity index (χ2n) is 6.14. The Morgan fingerprint density at radius 1 is 1.33 bits per heavy atom. The Morgan fingerprint density at radius 3 is 2.48 bits per heavy atom. The zero-order valence-electron chi connectivity index (χ0n) is 12.4. The molecule has 0 bridgehead atoms. The van der Waals surface area contributed by atoms with E-state index in [0.717, 1.165) is 12.8 Å². The second kappa shape index (κ2) is 6.40. The first-order valence-electron chi connectivity index (χ1n) is 7.16. The number of nitriles is 1. The molecule has 21 heavy (non-hydrogen) atoms. The topological polar surface area (TPSA) is 45.0 Å². The van der Waals surface area contributed by atoms with Crippen molar-refractivity contribution >= 4 is 0 Å². The number of hydrogen-bond acceptors (Lipinski definition) is 3. The Bertz CT molecular complexity index is 525. The fraction of sp³-hybridized carbons (Fsp3) is 0.562. The maximum atomic E-state index is 13.9. The van der Waals surface area contributed by atoms with E-state index in [4.69, 9.17) is 10.00 Å². The molecule has 5 heteroatoms. The van der Waals surface area contributed by atoms with Crippen LogP contribution in [0.4, 0.5) is 8.78 Å². The fourth-order valence-corrected chi connectivity index (χ4v) is 1.87. The van der Waals surface area contributed by atoms with Crippen LogP contribution < -0.4 is 10.1 Å². The number of nitrogens with zero attached hydrogens (tertiary/aromatic N) is 1. The Morgan fingerprint density at radius 2 is 1.95 bits per heavy atom. The molecule has 0 heterocycles. The van der Waals surface area contributed by atoms with Crippen molar-refractivity contribution in [3.05, 3.63) is 29.3 Å². The van der Waals surface area contributed by atoms with Gasteiger partial charge in [-0.15, -0.1) is 0 Å². The summed E-state index contributed by atoms with van der Waals surface area (Å²) in [5.41, 5.74) is 0.00255. The molecule has 0 atom stereocenters. The molecule has 1 saturated carbocycles. The van der Waals surface area contributed by atoms with E-state index in [2.05, 4.69) is 11.4 Å². The SMILES string of the molecule is CC(C)(C#N)CCOc1c(F)cc(CNC2CC2)cc1F. The van der Waals surface area contributed by atoms with Crippen LogP contribution in [-0.2, 0) is 6.54 Å². The minimum atomic E-state index is -0.697. The van der Waals surface area contributed by atoms with E-state index >= 15 is 0 Å². The third-order valence-corrected chi connectivity index (χ3v) is 3.51. The molecule has 1 fully saturated rings. The zero-order chi connectivity index (χ0) is 15.5. The van der Waals surface area contributed by atoms with Gasteiger partial charge in [-0.2, -0.15) is 5.26 Å². The number of hydrogen-bond donors (Lipinski definition) is 1. The van der Waals surface area contributed by atoms with E-state index in [0.29, 0.717) is 24.6 Å². The average molecular weight is 294 g/mol. The maximum absolute atomic E-state index is 13.9. The first-order chi connectivity index (χ1) is 9.91. The van der Waals surface area contributed by atoms with Crippen molar-refractivity contribution < 1.29 is 13.5 Å². The van der Waals surface area contributed by atoms with Gasteiger partial charge in [-0.05, 0) is 50.8 Å². The van der Waals surface area contributed by atoms with Gasteiger partial charge in [-0.3, -0.25) is 0 Å². The monoisotopic (exact) mass is 294 g/mol. The van der Waals surface area contributed by atoms with Crippen LogP contribution in [0.25, 0.3) is 0 Å². The summed E-state index contributed by atoms with van der Waals surface area (Å²) in [6, 6.07) is 5.20. The Labute approximate surface area is 123 Å². The smallest absolute Gasteiger partial charge is 0.190 e. The van der Waals surface area contributed by atoms with Gasteiger partial charge in [0.15, 0.2) is 17.4 Å². The molecule has 3 nitrogen and oxygen atoms in total. The lowest BCUT2D eigenvalue weighted by molar-refractivity contribution is 0.243. The third kappa shape index (κ3) is 4.68. The van der Waals surface area contributed by atoms with E-state index < -0.39 is 17.0 Å². The van der Waals surface area contributed by atoms with Crippen molar-refractivity contribution in [2.45, 2.75) is 45.7 Å². The van der Waals surface area contributed by atoms with Crippen LogP contribution in [0.2, 0.25) is 0 Å². The fourth-order valence-electron chi connectivity index (χ4n) is 1.87. The largest absolute Gasteiger partial charge is 0.488 e. The van der Waals surface area contributed by atoms with Gasteiger partial charge < -0.3 is 10.1 Å². The van der Waals surface area contributed by atoms with Crippen molar-refractivity contribution in [1.82, 2.24) is 5.32 Å². The maximum Gasteiger partial charge on any atom is 0.190 e. The minimum Gasteiger partial charge on any atom is -0.488 e. The molecule has 0 amide bonds. The first kappa shape index (κ1) is 15.7. The molecule has 1 aliphatic rings. The Hall–Kier alpha value is -1.67. The quantitative estimate of drug-likeness (QED) is 0.836. The summed E-state index contributed by atoms with van der Waals surface area (Å²) in [4.78, 5) is 0. The molecule has 0 aliphatic heterocycles. The van der Waals surface area contributed by atoms with Gasteiger partial charge in [-0.1, -0.05) is 0 Å². The van der Waals surface area contributed by atoms with Gasteiger partial charge in [0.25, 0.3) is 0 Å². The Kier molecular flexibility index (Phi) is 4.79. The molecule has 2 rings (SSSR count). The van der Waals surface area contributed by atoms with Gasteiger partial charge in [0.2, 0.25) is 0 Å². The number of rotatable bonds is 7. The molecule has 0 saturated heterocycles. The molecule has 0 radical (unpaired) electrons. The lowest BCUT2D eigenvalue weighted by atomic mass is 9.92. The van der Waals surface area contributed by atoms with Crippen molar-refractivity contribution in [1.29, 1.82) is 5.26 Å². The first-order valence-corrected chi connectivity index (χ1v) is 7.16. The van der Waals surface area contributed by atoms with Gasteiger partial charge in [0, 0.05) is 12.6 Å². The van der Waals surface area contributed by atoms with Crippen molar-refractivity contribution in [2.75, 3.05) is 6.61 Å². The molecule has 0 aromatic heterocycles. The highest BCUT2D eigenvalue weighted by Gasteiger charge is 2.21. The van der Waals surface area contributed by atoms with Gasteiger partial charge in [-0.25, -0.2) is 8.78 Å². The van der Waals surface area contributed by atoms with Crippen LogP contribution >= 0.6 is 0 Å². The van der Waals surface area contributed by atoms with Crippen LogP contribution in [-0.4, -0.2) is 12.6 Å². The van der Waals surface area contributed by atoms with E-state index in [-0.39, 0.29) is 12.4 Å². The number of benzene rings is 1.